The third-order valence-electron chi connectivity index (χ3n) is 1.98. The smallest absolute Gasteiger partial charge is 0.176 e. The van der Waals surface area contributed by atoms with Crippen molar-refractivity contribution in [1.29, 1.82) is 0 Å². The van der Waals surface area contributed by atoms with Crippen LogP contribution in [0.2, 0.25) is 0 Å². The van der Waals surface area contributed by atoms with Gasteiger partial charge < -0.3 is 9.47 Å². The van der Waals surface area contributed by atoms with Gasteiger partial charge in [-0.15, -0.1) is 0 Å². The Bertz CT molecular complexity index is 393. The number of hydrogen-bond donors (Lipinski definition) is 0. The summed E-state index contributed by atoms with van der Waals surface area (Å²) in [5.41, 5.74) is 9.79. The monoisotopic (exact) mass is 219 g/mol. The molecule has 1 aromatic rings. The molecule has 5 heteroatoms. The van der Waals surface area contributed by atoms with Gasteiger partial charge in [0.2, 0.25) is 0 Å². The number of ether oxygens (including phenoxy) is 2. The summed E-state index contributed by atoms with van der Waals surface area (Å²) >= 11 is 0. The molecule has 0 aromatic heterocycles. The highest BCUT2D eigenvalue weighted by Gasteiger charge is 2.04. The minimum Gasteiger partial charge on any atom is -0.352 e. The molecule has 16 heavy (non-hydrogen) atoms. The van der Waals surface area contributed by atoms with Gasteiger partial charge in [0.05, 0.1) is 0 Å². The van der Waals surface area contributed by atoms with E-state index < -0.39 is 6.29 Å². The van der Waals surface area contributed by atoms with E-state index in [1.165, 1.54) is 14.2 Å². The molecule has 0 fully saturated rings. The Hall–Kier alpha value is -1.81. The van der Waals surface area contributed by atoms with Crippen molar-refractivity contribution in [3.05, 3.63) is 52.4 Å². The van der Waals surface area contributed by atoms with Gasteiger partial charge in [-0.3, -0.25) is 0 Å². The third kappa shape index (κ3) is 3.40. The first-order valence-electron chi connectivity index (χ1n) is 4.69. The second kappa shape index (κ2) is 6.63. The highest BCUT2D eigenvalue weighted by molar-refractivity contribution is 5.64. The minimum absolute atomic E-state index is 0.483. The molecule has 0 amide bonds. The maximum atomic E-state index is 8.49. The molecule has 0 bridgehead atoms. The summed E-state index contributed by atoms with van der Waals surface area (Å²) in [5.74, 6) is 0. The molecule has 0 N–H and O–H groups in total. The molecule has 1 rings (SSSR count). The van der Waals surface area contributed by atoms with E-state index in [1.54, 1.807) is 6.08 Å². The molecule has 0 saturated heterocycles. The van der Waals surface area contributed by atoms with Crippen molar-refractivity contribution < 1.29 is 9.47 Å². The van der Waals surface area contributed by atoms with Crippen LogP contribution in [-0.2, 0) is 9.47 Å². The van der Waals surface area contributed by atoms with Crippen molar-refractivity contribution in [3.63, 3.8) is 0 Å². The number of methoxy groups -OCH3 is 2. The van der Waals surface area contributed by atoms with Crippen LogP contribution in [-0.4, -0.2) is 20.5 Å². The topological polar surface area (TPSA) is 67.2 Å². The quantitative estimate of drug-likeness (QED) is 0.330. The zero-order valence-electron chi connectivity index (χ0n) is 9.20. The van der Waals surface area contributed by atoms with Crippen LogP contribution in [0.1, 0.15) is 5.56 Å². The highest BCUT2D eigenvalue weighted by atomic mass is 16.7. The summed E-state index contributed by atoms with van der Waals surface area (Å²) in [6.07, 6.45) is 1.09. The summed E-state index contributed by atoms with van der Waals surface area (Å²) in [7, 11) is 3.03. The predicted octanol–water partition coefficient (Wildman–Crippen LogP) is 2.96. The summed E-state index contributed by atoms with van der Waals surface area (Å²) in [6.45, 7) is 0. The van der Waals surface area contributed by atoms with Crippen molar-refractivity contribution >= 4 is 5.70 Å². The van der Waals surface area contributed by atoms with Gasteiger partial charge in [0, 0.05) is 24.8 Å². The van der Waals surface area contributed by atoms with Crippen LogP contribution in [0.5, 0.6) is 0 Å². The SMILES string of the molecule is COC(C=C(N=[N+]=[N-])c1ccccc1)OC. The largest absolute Gasteiger partial charge is 0.352 e. The normalized spacial score (nSPS) is 11.3. The molecule has 84 valence electrons. The van der Waals surface area contributed by atoms with Crippen LogP contribution >= 0.6 is 0 Å². The first-order chi connectivity index (χ1) is 7.81. The van der Waals surface area contributed by atoms with E-state index in [4.69, 9.17) is 15.0 Å². The average molecular weight is 219 g/mol. The molecule has 0 radical (unpaired) electrons. The maximum absolute atomic E-state index is 8.49. The Morgan fingerprint density at radius 2 is 1.94 bits per heavy atom. The number of hydrogen-bond acceptors (Lipinski definition) is 3. The van der Waals surface area contributed by atoms with E-state index in [0.717, 1.165) is 5.56 Å². The van der Waals surface area contributed by atoms with E-state index in [2.05, 4.69) is 10.0 Å². The lowest BCUT2D eigenvalue weighted by Gasteiger charge is -2.10. The van der Waals surface area contributed by atoms with Gasteiger partial charge in [0.1, 0.15) is 0 Å². The maximum Gasteiger partial charge on any atom is 0.176 e. The molecule has 0 spiro atoms. The van der Waals surface area contributed by atoms with Crippen molar-refractivity contribution in [2.24, 2.45) is 5.11 Å². The van der Waals surface area contributed by atoms with Gasteiger partial charge in [-0.05, 0) is 17.2 Å². The number of benzene rings is 1. The first kappa shape index (κ1) is 12.3. The highest BCUT2D eigenvalue weighted by Crippen LogP contribution is 2.17. The second-order valence-electron chi connectivity index (χ2n) is 2.95. The first-order valence-corrected chi connectivity index (χ1v) is 4.69. The molecular formula is C11H13N3O2. The Morgan fingerprint density at radius 3 is 2.44 bits per heavy atom. The molecule has 0 aliphatic heterocycles. The molecule has 5 nitrogen and oxygen atoms in total. The average Bonchev–Trinajstić information content (AvgIpc) is 2.35. The molecule has 0 unspecified atom stereocenters. The number of nitrogens with zero attached hydrogens (tertiary/aromatic N) is 3. The van der Waals surface area contributed by atoms with E-state index in [1.807, 2.05) is 30.3 Å². The third-order valence-corrected chi connectivity index (χ3v) is 1.98. The summed E-state index contributed by atoms with van der Waals surface area (Å²) in [4.78, 5) is 2.78. The van der Waals surface area contributed by atoms with Crippen molar-refractivity contribution in [3.8, 4) is 0 Å². The Balaban J connectivity index is 3.04. The van der Waals surface area contributed by atoms with Crippen LogP contribution in [0.15, 0.2) is 41.5 Å². The van der Waals surface area contributed by atoms with Gasteiger partial charge >= 0.3 is 0 Å². The fourth-order valence-corrected chi connectivity index (χ4v) is 1.21. The van der Waals surface area contributed by atoms with E-state index in [9.17, 15) is 0 Å². The van der Waals surface area contributed by atoms with E-state index in [-0.39, 0.29) is 0 Å². The number of rotatable bonds is 5. The van der Waals surface area contributed by atoms with Gasteiger partial charge in [0.15, 0.2) is 6.29 Å². The Morgan fingerprint density at radius 1 is 1.31 bits per heavy atom. The van der Waals surface area contributed by atoms with Crippen LogP contribution < -0.4 is 0 Å². The Labute approximate surface area is 93.9 Å². The zero-order chi connectivity index (χ0) is 11.8. The van der Waals surface area contributed by atoms with Crippen LogP contribution in [0.4, 0.5) is 0 Å². The van der Waals surface area contributed by atoms with Gasteiger partial charge in [0.25, 0.3) is 0 Å². The fourth-order valence-electron chi connectivity index (χ4n) is 1.21. The summed E-state index contributed by atoms with van der Waals surface area (Å²) in [5, 5.41) is 3.61. The van der Waals surface area contributed by atoms with E-state index in [0.29, 0.717) is 5.70 Å². The Kier molecular flexibility index (Phi) is 5.08. The molecule has 0 saturated carbocycles. The fraction of sp³-hybridized carbons (Fsp3) is 0.273. The van der Waals surface area contributed by atoms with Crippen LogP contribution in [0.3, 0.4) is 0 Å². The van der Waals surface area contributed by atoms with Crippen molar-refractivity contribution in [2.75, 3.05) is 14.2 Å². The molecule has 0 aliphatic rings. The minimum atomic E-state index is -0.527. The van der Waals surface area contributed by atoms with E-state index >= 15 is 0 Å². The van der Waals surface area contributed by atoms with Crippen LogP contribution in [0, 0.1) is 0 Å². The molecular weight excluding hydrogens is 206 g/mol. The lowest BCUT2D eigenvalue weighted by atomic mass is 10.1. The molecule has 0 heterocycles. The van der Waals surface area contributed by atoms with Gasteiger partial charge in [-0.2, -0.15) is 0 Å². The number of azide groups is 1. The molecule has 0 aliphatic carbocycles. The predicted molar refractivity (Wildman–Crippen MR) is 61.4 cm³/mol. The van der Waals surface area contributed by atoms with Crippen LogP contribution in [0.25, 0.3) is 16.1 Å². The standard InChI is InChI=1S/C11H13N3O2/c1-15-11(16-2)8-10(13-14-12)9-6-4-3-5-7-9/h3-8,11H,1-2H3. The second-order valence-corrected chi connectivity index (χ2v) is 2.95. The van der Waals surface area contributed by atoms with Crippen molar-refractivity contribution in [1.82, 2.24) is 0 Å². The van der Waals surface area contributed by atoms with Crippen molar-refractivity contribution in [2.45, 2.75) is 6.29 Å². The molecule has 0 atom stereocenters. The lowest BCUT2D eigenvalue weighted by molar-refractivity contribution is -0.0663. The van der Waals surface area contributed by atoms with Gasteiger partial charge in [-0.1, -0.05) is 35.4 Å². The summed E-state index contributed by atoms with van der Waals surface area (Å²) in [6, 6.07) is 9.32. The lowest BCUT2D eigenvalue weighted by Crippen LogP contribution is -2.09. The van der Waals surface area contributed by atoms with Gasteiger partial charge in [-0.25, -0.2) is 0 Å². The molecule has 1 aromatic carbocycles. The summed E-state index contributed by atoms with van der Waals surface area (Å²) < 4.78 is 10.0. The zero-order valence-corrected chi connectivity index (χ0v) is 9.20.